The molecule has 8 nitrogen and oxygen atoms in total. The standard InChI is InChI=1S/C20H13F3N2O6/c21-20(22,23)19(12-4-2-1-3-5-12,13-6-8-17(26)15(10-13)24(28)29)14-7-9-18(27)16(11-14)25(30)31/h1-11,26-27H. The topological polar surface area (TPSA) is 127 Å². The Balaban J connectivity index is 2.51. The zero-order valence-corrected chi connectivity index (χ0v) is 15.4. The third kappa shape index (κ3) is 3.50. The number of halogens is 3. The Bertz CT molecular complexity index is 1100. The van der Waals surface area contributed by atoms with Gasteiger partial charge < -0.3 is 10.2 Å². The Hall–Kier alpha value is -4.15. The number of alkyl halides is 3. The summed E-state index contributed by atoms with van der Waals surface area (Å²) in [6.45, 7) is 0. The summed E-state index contributed by atoms with van der Waals surface area (Å²) in [7, 11) is 0. The number of benzene rings is 3. The molecule has 0 amide bonds. The molecule has 3 rings (SSSR count). The SMILES string of the molecule is O=[N+]([O-])c1cc(C(c2ccccc2)(c2ccc(O)c([N+](=O)[O-])c2)C(F)(F)F)ccc1O. The van der Waals surface area contributed by atoms with E-state index in [2.05, 4.69) is 0 Å². The Labute approximate surface area is 172 Å². The number of nitro benzene ring substituents is 2. The van der Waals surface area contributed by atoms with Crippen molar-refractivity contribution in [1.29, 1.82) is 0 Å². The number of phenolic OH excluding ortho intramolecular Hbond substituents is 2. The Kier molecular flexibility index (Phi) is 5.28. The summed E-state index contributed by atoms with van der Waals surface area (Å²) in [4.78, 5) is 20.4. The van der Waals surface area contributed by atoms with Crippen LogP contribution in [0.25, 0.3) is 0 Å². The van der Waals surface area contributed by atoms with Crippen molar-refractivity contribution in [3.63, 3.8) is 0 Å². The third-order valence-electron chi connectivity index (χ3n) is 4.84. The van der Waals surface area contributed by atoms with E-state index in [1.54, 1.807) is 0 Å². The summed E-state index contributed by atoms with van der Waals surface area (Å²) in [5.41, 5.74) is -6.66. The zero-order valence-electron chi connectivity index (χ0n) is 15.4. The van der Waals surface area contributed by atoms with E-state index in [1.165, 1.54) is 18.2 Å². The monoisotopic (exact) mass is 434 g/mol. The largest absolute Gasteiger partial charge is 0.502 e. The summed E-state index contributed by atoms with van der Waals surface area (Å²) in [5.74, 6) is -1.68. The molecular formula is C20H13F3N2O6. The highest BCUT2D eigenvalue weighted by molar-refractivity contribution is 5.61. The predicted molar refractivity (Wildman–Crippen MR) is 102 cm³/mol. The first-order valence-corrected chi connectivity index (χ1v) is 8.58. The molecular weight excluding hydrogens is 421 g/mol. The summed E-state index contributed by atoms with van der Waals surface area (Å²) in [5, 5.41) is 42.0. The van der Waals surface area contributed by atoms with Gasteiger partial charge in [0.05, 0.1) is 9.85 Å². The average Bonchev–Trinajstić information content (AvgIpc) is 2.70. The van der Waals surface area contributed by atoms with E-state index in [-0.39, 0.29) is 5.56 Å². The van der Waals surface area contributed by atoms with Gasteiger partial charge in [-0.2, -0.15) is 13.2 Å². The number of rotatable bonds is 5. The lowest BCUT2D eigenvalue weighted by atomic mass is 9.68. The molecule has 2 N–H and O–H groups in total. The number of hydrogen-bond donors (Lipinski definition) is 2. The van der Waals surface area contributed by atoms with Crippen LogP contribution in [0.1, 0.15) is 16.7 Å². The maximum absolute atomic E-state index is 14.8. The number of hydrogen-bond acceptors (Lipinski definition) is 6. The van der Waals surface area contributed by atoms with Crippen LogP contribution in [0.15, 0.2) is 66.7 Å². The molecule has 0 bridgehead atoms. The van der Waals surface area contributed by atoms with Gasteiger partial charge in [0.1, 0.15) is 5.41 Å². The van der Waals surface area contributed by atoms with Crippen molar-refractivity contribution in [1.82, 2.24) is 0 Å². The van der Waals surface area contributed by atoms with Gasteiger partial charge in [0, 0.05) is 12.1 Å². The van der Waals surface area contributed by atoms with E-state index in [4.69, 9.17) is 0 Å². The van der Waals surface area contributed by atoms with E-state index in [9.17, 15) is 43.6 Å². The molecule has 0 aromatic heterocycles. The molecule has 0 fully saturated rings. The van der Waals surface area contributed by atoms with Gasteiger partial charge >= 0.3 is 17.6 Å². The number of aromatic hydroxyl groups is 2. The first kappa shape index (κ1) is 21.6. The number of nitro groups is 2. The van der Waals surface area contributed by atoms with Crippen molar-refractivity contribution < 1.29 is 33.2 Å². The molecule has 31 heavy (non-hydrogen) atoms. The molecule has 3 aromatic carbocycles. The maximum Gasteiger partial charge on any atom is 0.406 e. The molecule has 11 heteroatoms. The first-order valence-electron chi connectivity index (χ1n) is 8.58. The second-order valence-corrected chi connectivity index (χ2v) is 6.53. The first-order chi connectivity index (χ1) is 14.5. The van der Waals surface area contributed by atoms with Gasteiger partial charge in [-0.1, -0.05) is 42.5 Å². The molecule has 0 unspecified atom stereocenters. The fraction of sp³-hybridized carbons (Fsp3) is 0.100. The normalized spacial score (nSPS) is 11.8. The second-order valence-electron chi connectivity index (χ2n) is 6.53. The minimum absolute atomic E-state index is 0.373. The lowest BCUT2D eigenvalue weighted by Crippen LogP contribution is -2.44. The van der Waals surface area contributed by atoms with Crippen LogP contribution in [0.2, 0.25) is 0 Å². The Morgan fingerprint density at radius 1 is 0.677 bits per heavy atom. The van der Waals surface area contributed by atoms with Gasteiger partial charge in [-0.05, 0) is 28.8 Å². The molecule has 160 valence electrons. The zero-order chi connectivity index (χ0) is 23.0. The van der Waals surface area contributed by atoms with Crippen LogP contribution < -0.4 is 0 Å². The molecule has 0 radical (unpaired) electrons. The minimum atomic E-state index is -5.13. The van der Waals surface area contributed by atoms with E-state index in [0.717, 1.165) is 36.4 Å². The quantitative estimate of drug-likeness (QED) is 0.337. The van der Waals surface area contributed by atoms with Crippen LogP contribution in [0, 0.1) is 20.2 Å². The lowest BCUT2D eigenvalue weighted by molar-refractivity contribution is -0.386. The van der Waals surface area contributed by atoms with Gasteiger partial charge in [0.25, 0.3) is 0 Å². The third-order valence-corrected chi connectivity index (χ3v) is 4.84. The summed E-state index contributed by atoms with van der Waals surface area (Å²) < 4.78 is 44.5. The van der Waals surface area contributed by atoms with Crippen LogP contribution >= 0.6 is 0 Å². The van der Waals surface area contributed by atoms with Crippen molar-refractivity contribution in [2.45, 2.75) is 11.6 Å². The Morgan fingerprint density at radius 3 is 1.45 bits per heavy atom. The van der Waals surface area contributed by atoms with Crippen molar-refractivity contribution >= 4 is 11.4 Å². The molecule has 0 saturated carbocycles. The molecule has 0 saturated heterocycles. The van der Waals surface area contributed by atoms with Crippen LogP contribution in [0.3, 0.4) is 0 Å². The van der Waals surface area contributed by atoms with Crippen LogP contribution in [-0.4, -0.2) is 26.2 Å². The Morgan fingerprint density at radius 2 is 1.10 bits per heavy atom. The van der Waals surface area contributed by atoms with Crippen molar-refractivity contribution in [2.75, 3.05) is 0 Å². The fourth-order valence-electron chi connectivity index (χ4n) is 3.49. The highest BCUT2D eigenvalue weighted by Gasteiger charge is 2.59. The maximum atomic E-state index is 14.8. The minimum Gasteiger partial charge on any atom is -0.502 e. The van der Waals surface area contributed by atoms with Crippen molar-refractivity contribution in [3.8, 4) is 11.5 Å². The second kappa shape index (κ2) is 7.59. The predicted octanol–water partition coefficient (Wildman–Crippen LogP) is 4.81. The van der Waals surface area contributed by atoms with E-state index in [0.29, 0.717) is 12.1 Å². The van der Waals surface area contributed by atoms with Gasteiger partial charge in [-0.15, -0.1) is 0 Å². The fourth-order valence-corrected chi connectivity index (χ4v) is 3.49. The van der Waals surface area contributed by atoms with Gasteiger partial charge in [-0.3, -0.25) is 20.2 Å². The van der Waals surface area contributed by atoms with E-state index < -0.39 is 55.4 Å². The number of phenols is 2. The number of nitrogens with zero attached hydrogens (tertiary/aromatic N) is 2. The van der Waals surface area contributed by atoms with E-state index in [1.807, 2.05) is 0 Å². The van der Waals surface area contributed by atoms with Crippen LogP contribution in [0.4, 0.5) is 24.5 Å². The lowest BCUT2D eigenvalue weighted by Gasteiger charge is -2.37. The average molecular weight is 434 g/mol. The van der Waals surface area contributed by atoms with Gasteiger partial charge in [-0.25, -0.2) is 0 Å². The molecule has 0 atom stereocenters. The van der Waals surface area contributed by atoms with Crippen LogP contribution in [0.5, 0.6) is 11.5 Å². The van der Waals surface area contributed by atoms with Gasteiger partial charge in [0.2, 0.25) is 0 Å². The molecule has 0 spiro atoms. The molecule has 0 aliphatic rings. The molecule has 0 heterocycles. The summed E-state index contributed by atoms with van der Waals surface area (Å²) >= 11 is 0. The summed E-state index contributed by atoms with van der Waals surface area (Å²) in [6, 6.07) is 10.8. The van der Waals surface area contributed by atoms with Crippen molar-refractivity contribution in [2.24, 2.45) is 0 Å². The molecule has 0 aliphatic heterocycles. The highest BCUT2D eigenvalue weighted by atomic mass is 19.4. The van der Waals surface area contributed by atoms with Crippen LogP contribution in [-0.2, 0) is 5.41 Å². The summed E-state index contributed by atoms with van der Waals surface area (Å²) in [6.07, 6.45) is -5.13. The van der Waals surface area contributed by atoms with E-state index >= 15 is 0 Å². The van der Waals surface area contributed by atoms with Crippen molar-refractivity contribution in [3.05, 3.63) is 104 Å². The molecule has 0 aliphatic carbocycles. The smallest absolute Gasteiger partial charge is 0.406 e. The van der Waals surface area contributed by atoms with Gasteiger partial charge in [0.15, 0.2) is 11.5 Å². The highest BCUT2D eigenvalue weighted by Crippen LogP contribution is 2.53. The molecule has 3 aromatic rings.